The van der Waals surface area contributed by atoms with Crippen molar-refractivity contribution in [2.24, 2.45) is 5.41 Å². The van der Waals surface area contributed by atoms with Gasteiger partial charge in [0.25, 0.3) is 0 Å². The number of hydrogen-bond donors (Lipinski definition) is 1. The van der Waals surface area contributed by atoms with Crippen LogP contribution in [0, 0.1) is 5.41 Å². The molecule has 102 valence electrons. The predicted octanol–water partition coefficient (Wildman–Crippen LogP) is 4.69. The van der Waals surface area contributed by atoms with E-state index in [0.717, 1.165) is 24.4 Å². The number of nitrogens with one attached hydrogen (secondary N) is 1. The van der Waals surface area contributed by atoms with Crippen molar-refractivity contribution < 1.29 is 0 Å². The predicted molar refractivity (Wildman–Crippen MR) is 81.3 cm³/mol. The lowest BCUT2D eigenvalue weighted by Gasteiger charge is -2.33. The second kappa shape index (κ2) is 6.08. The Bertz CT molecular complexity index is 381. The summed E-state index contributed by atoms with van der Waals surface area (Å²) in [6.45, 7) is 12.2. The third-order valence-electron chi connectivity index (χ3n) is 3.47. The molecule has 0 aliphatic heterocycles. The van der Waals surface area contributed by atoms with Crippen molar-refractivity contribution in [1.29, 1.82) is 0 Å². The van der Waals surface area contributed by atoms with Crippen LogP contribution < -0.4 is 5.32 Å². The fraction of sp³-hybridized carbons (Fsp3) is 0.625. The molecule has 0 saturated heterocycles. The third-order valence-corrected chi connectivity index (χ3v) is 3.84. The highest BCUT2D eigenvalue weighted by molar-refractivity contribution is 6.31. The first-order valence-electron chi connectivity index (χ1n) is 6.74. The Morgan fingerprint density at radius 1 is 1.11 bits per heavy atom. The highest BCUT2D eigenvalue weighted by Gasteiger charge is 2.25. The topological polar surface area (TPSA) is 12.0 Å². The lowest BCUT2D eigenvalue weighted by molar-refractivity contribution is 0.255. The van der Waals surface area contributed by atoms with Gasteiger partial charge in [-0.1, -0.05) is 43.6 Å². The van der Waals surface area contributed by atoms with Gasteiger partial charge in [0.15, 0.2) is 0 Å². The lowest BCUT2D eigenvalue weighted by atomic mass is 9.80. The summed E-state index contributed by atoms with van der Waals surface area (Å²) >= 11 is 6.26. The lowest BCUT2D eigenvalue weighted by Crippen LogP contribution is -2.43. The minimum absolute atomic E-state index is 0.164. The second-order valence-electron chi connectivity index (χ2n) is 6.54. The number of benzene rings is 1. The summed E-state index contributed by atoms with van der Waals surface area (Å²) in [6.07, 6.45) is 2.16. The summed E-state index contributed by atoms with van der Waals surface area (Å²) in [5, 5.41) is 4.49. The first kappa shape index (κ1) is 15.5. The molecule has 0 radical (unpaired) electrons. The van der Waals surface area contributed by atoms with E-state index in [4.69, 9.17) is 11.6 Å². The maximum absolute atomic E-state index is 6.26. The molecule has 2 heteroatoms. The molecule has 1 unspecified atom stereocenters. The maximum atomic E-state index is 6.26. The van der Waals surface area contributed by atoms with Crippen molar-refractivity contribution >= 4 is 11.6 Å². The third kappa shape index (κ3) is 4.99. The average Bonchev–Trinajstić information content (AvgIpc) is 2.29. The van der Waals surface area contributed by atoms with Gasteiger partial charge in [-0.15, -0.1) is 0 Å². The Morgan fingerprint density at radius 3 is 2.22 bits per heavy atom. The molecule has 1 rings (SSSR count). The Balaban J connectivity index is 2.74. The fourth-order valence-electron chi connectivity index (χ4n) is 1.89. The van der Waals surface area contributed by atoms with Crippen molar-refractivity contribution in [3.8, 4) is 0 Å². The summed E-state index contributed by atoms with van der Waals surface area (Å²) in [4.78, 5) is 0. The summed E-state index contributed by atoms with van der Waals surface area (Å²) < 4.78 is 0. The molecular formula is C16H26ClN. The molecule has 0 aromatic heterocycles. The van der Waals surface area contributed by atoms with Crippen molar-refractivity contribution in [3.63, 3.8) is 0 Å². The number of hydrogen-bond acceptors (Lipinski definition) is 1. The summed E-state index contributed by atoms with van der Waals surface area (Å²) in [5.41, 5.74) is 1.66. The van der Waals surface area contributed by atoms with E-state index in [0.29, 0.717) is 0 Å². The zero-order chi connectivity index (χ0) is 13.8. The van der Waals surface area contributed by atoms with Crippen LogP contribution in [0.3, 0.4) is 0 Å². The summed E-state index contributed by atoms with van der Waals surface area (Å²) in [6, 6.07) is 8.16. The molecule has 0 spiro atoms. The van der Waals surface area contributed by atoms with Gasteiger partial charge in [-0.25, -0.2) is 0 Å². The van der Waals surface area contributed by atoms with E-state index in [1.165, 1.54) is 5.56 Å². The van der Waals surface area contributed by atoms with Crippen LogP contribution in [0.15, 0.2) is 24.3 Å². The zero-order valence-corrected chi connectivity index (χ0v) is 13.1. The summed E-state index contributed by atoms with van der Waals surface area (Å²) in [7, 11) is 0. The highest BCUT2D eigenvalue weighted by Crippen LogP contribution is 2.29. The minimum Gasteiger partial charge on any atom is -0.312 e. The molecular weight excluding hydrogens is 242 g/mol. The largest absolute Gasteiger partial charge is 0.312 e. The van der Waals surface area contributed by atoms with Crippen molar-refractivity contribution in [2.45, 2.75) is 53.0 Å². The molecule has 0 aliphatic rings. The monoisotopic (exact) mass is 267 g/mol. The standard InChI is InChI=1S/C16H26ClN/c1-6-16(5,12-18-15(2,3)4)11-13-9-7-8-10-14(13)17/h7-10,18H,6,11-12H2,1-5H3. The van der Waals surface area contributed by atoms with Gasteiger partial charge in [-0.2, -0.15) is 0 Å². The molecule has 1 aromatic rings. The Kier molecular flexibility index (Phi) is 5.24. The van der Waals surface area contributed by atoms with Crippen LogP contribution >= 0.6 is 11.6 Å². The Labute approximate surface area is 117 Å². The van der Waals surface area contributed by atoms with Gasteiger partial charge in [-0.05, 0) is 50.7 Å². The van der Waals surface area contributed by atoms with E-state index < -0.39 is 0 Å². The van der Waals surface area contributed by atoms with Crippen LogP contribution in [0.4, 0.5) is 0 Å². The first-order valence-corrected chi connectivity index (χ1v) is 7.12. The second-order valence-corrected chi connectivity index (χ2v) is 6.94. The number of rotatable bonds is 5. The van der Waals surface area contributed by atoms with Crippen LogP contribution in [0.2, 0.25) is 5.02 Å². The smallest absolute Gasteiger partial charge is 0.0438 e. The van der Waals surface area contributed by atoms with Crippen molar-refractivity contribution in [2.75, 3.05) is 6.54 Å². The van der Waals surface area contributed by atoms with Gasteiger partial charge in [0.05, 0.1) is 0 Å². The Hall–Kier alpha value is -0.530. The summed E-state index contributed by atoms with van der Waals surface area (Å²) in [5.74, 6) is 0. The van der Waals surface area contributed by atoms with E-state index in [-0.39, 0.29) is 11.0 Å². The van der Waals surface area contributed by atoms with E-state index >= 15 is 0 Å². The van der Waals surface area contributed by atoms with Crippen LogP contribution in [-0.4, -0.2) is 12.1 Å². The maximum Gasteiger partial charge on any atom is 0.0438 e. The molecule has 0 saturated carbocycles. The van der Waals surface area contributed by atoms with Crippen LogP contribution in [-0.2, 0) is 6.42 Å². The molecule has 0 aliphatic carbocycles. The minimum atomic E-state index is 0.164. The van der Waals surface area contributed by atoms with Crippen LogP contribution in [0.5, 0.6) is 0 Å². The van der Waals surface area contributed by atoms with Gasteiger partial charge in [0.1, 0.15) is 0 Å². The Morgan fingerprint density at radius 2 is 1.72 bits per heavy atom. The van der Waals surface area contributed by atoms with E-state index in [9.17, 15) is 0 Å². The van der Waals surface area contributed by atoms with Gasteiger partial charge in [-0.3, -0.25) is 0 Å². The SMILES string of the molecule is CCC(C)(CNC(C)(C)C)Cc1ccccc1Cl. The van der Waals surface area contributed by atoms with Crippen LogP contribution in [0.1, 0.15) is 46.6 Å². The van der Waals surface area contributed by atoms with Gasteiger partial charge in [0.2, 0.25) is 0 Å². The van der Waals surface area contributed by atoms with Crippen LogP contribution in [0.25, 0.3) is 0 Å². The van der Waals surface area contributed by atoms with E-state index in [1.54, 1.807) is 0 Å². The molecule has 18 heavy (non-hydrogen) atoms. The highest BCUT2D eigenvalue weighted by atomic mass is 35.5. The number of halogens is 1. The van der Waals surface area contributed by atoms with Crippen molar-refractivity contribution in [1.82, 2.24) is 5.32 Å². The first-order chi connectivity index (χ1) is 8.26. The van der Waals surface area contributed by atoms with E-state index in [2.05, 4.69) is 52.1 Å². The zero-order valence-electron chi connectivity index (χ0n) is 12.3. The van der Waals surface area contributed by atoms with Gasteiger partial charge in [0, 0.05) is 17.1 Å². The average molecular weight is 268 g/mol. The molecule has 0 fully saturated rings. The molecule has 1 atom stereocenters. The molecule has 0 bridgehead atoms. The molecule has 1 aromatic carbocycles. The van der Waals surface area contributed by atoms with E-state index in [1.807, 2.05) is 12.1 Å². The van der Waals surface area contributed by atoms with Crippen molar-refractivity contribution in [3.05, 3.63) is 34.9 Å². The van der Waals surface area contributed by atoms with Gasteiger partial charge < -0.3 is 5.32 Å². The fourth-order valence-corrected chi connectivity index (χ4v) is 2.10. The molecule has 0 amide bonds. The van der Waals surface area contributed by atoms with Gasteiger partial charge >= 0.3 is 0 Å². The quantitative estimate of drug-likeness (QED) is 0.816. The normalized spacial score (nSPS) is 15.4. The molecule has 1 N–H and O–H groups in total. The molecule has 1 nitrogen and oxygen atoms in total. The molecule has 0 heterocycles.